The second-order valence-electron chi connectivity index (χ2n) is 7.17. The predicted octanol–water partition coefficient (Wildman–Crippen LogP) is 3.58. The molecule has 1 atom stereocenters. The minimum Gasteiger partial charge on any atom is -0.497 e. The number of nitrogens with one attached hydrogen (secondary N) is 1. The molecule has 0 aliphatic heterocycles. The maximum atomic E-state index is 13.4. The third-order valence-electron chi connectivity index (χ3n) is 5.06. The zero-order chi connectivity index (χ0) is 21.1. The van der Waals surface area contributed by atoms with Crippen molar-refractivity contribution in [1.29, 1.82) is 0 Å². The molecule has 1 fully saturated rings. The van der Waals surface area contributed by atoms with Crippen molar-refractivity contribution >= 4 is 34.7 Å². The summed E-state index contributed by atoms with van der Waals surface area (Å²) in [5.41, 5.74) is 2.24. The monoisotopic (exact) mass is 442 g/mol. The molecule has 2 aromatic heterocycles. The number of thiophene rings is 1. The molecule has 2 heterocycles. The summed E-state index contributed by atoms with van der Waals surface area (Å²) in [6, 6.07) is 8.87. The molecule has 156 valence electrons. The number of aromatic nitrogens is 2. The number of nitrogens with zero attached hydrogens (tertiary/aromatic N) is 3. The van der Waals surface area contributed by atoms with E-state index in [0.29, 0.717) is 6.54 Å². The normalized spacial score (nSPS) is 14.2. The smallest absolute Gasteiger partial charge is 0.276 e. The van der Waals surface area contributed by atoms with E-state index in [1.165, 1.54) is 11.3 Å². The lowest BCUT2D eigenvalue weighted by Gasteiger charge is -2.30. The van der Waals surface area contributed by atoms with Gasteiger partial charge in [0.2, 0.25) is 5.91 Å². The van der Waals surface area contributed by atoms with E-state index in [9.17, 15) is 9.59 Å². The molecule has 0 saturated heterocycles. The highest BCUT2D eigenvalue weighted by Gasteiger charge is 2.43. The molecule has 30 heavy (non-hydrogen) atoms. The summed E-state index contributed by atoms with van der Waals surface area (Å²) in [5, 5.41) is 10.5. The van der Waals surface area contributed by atoms with Crippen LogP contribution in [0.3, 0.4) is 0 Å². The fraction of sp³-hybridized carbons (Fsp3) is 0.333. The van der Waals surface area contributed by atoms with Crippen LogP contribution in [0.5, 0.6) is 5.75 Å². The molecule has 7 nitrogen and oxygen atoms in total. The van der Waals surface area contributed by atoms with E-state index in [-0.39, 0.29) is 23.6 Å². The molecular formula is C21H22N4O3S2. The van der Waals surface area contributed by atoms with Gasteiger partial charge in [-0.15, -0.1) is 16.4 Å². The minimum absolute atomic E-state index is 0.0393. The summed E-state index contributed by atoms with van der Waals surface area (Å²) < 4.78 is 9.00. The lowest BCUT2D eigenvalue weighted by atomic mass is 10.1. The summed E-state index contributed by atoms with van der Waals surface area (Å²) in [6.07, 6.45) is 1.77. The average molecular weight is 443 g/mol. The number of aryl methyl sites for hydroxylation is 1. The summed E-state index contributed by atoms with van der Waals surface area (Å²) in [7, 11) is 1.62. The Kier molecular flexibility index (Phi) is 6.10. The molecule has 1 saturated carbocycles. The quantitative estimate of drug-likeness (QED) is 0.576. The molecule has 0 bridgehead atoms. The van der Waals surface area contributed by atoms with Crippen molar-refractivity contribution in [1.82, 2.24) is 19.8 Å². The second kappa shape index (κ2) is 8.93. The number of carbonyl (C=O) groups excluding carboxylic acids is 2. The highest BCUT2D eigenvalue weighted by molar-refractivity contribution is 7.10. The van der Waals surface area contributed by atoms with E-state index in [0.717, 1.165) is 46.1 Å². The van der Waals surface area contributed by atoms with Gasteiger partial charge in [-0.25, -0.2) is 0 Å². The van der Waals surface area contributed by atoms with Crippen molar-refractivity contribution in [2.45, 2.75) is 38.4 Å². The molecule has 1 aromatic carbocycles. The Morgan fingerprint density at radius 3 is 2.60 bits per heavy atom. The molecule has 9 heteroatoms. The number of ether oxygens (including phenoxy) is 1. The van der Waals surface area contributed by atoms with Crippen molar-refractivity contribution in [3.8, 4) is 5.75 Å². The Bertz CT molecular complexity index is 1010. The zero-order valence-corrected chi connectivity index (χ0v) is 18.3. The molecule has 2 amide bonds. The van der Waals surface area contributed by atoms with Crippen molar-refractivity contribution in [3.05, 3.63) is 62.8 Å². The van der Waals surface area contributed by atoms with Crippen LogP contribution in [0.25, 0.3) is 0 Å². The van der Waals surface area contributed by atoms with Crippen LogP contribution in [0.1, 0.15) is 45.4 Å². The Morgan fingerprint density at radius 2 is 2.03 bits per heavy atom. The lowest BCUT2D eigenvalue weighted by Crippen LogP contribution is -2.44. The topological polar surface area (TPSA) is 84.4 Å². The number of hydrogen-bond donors (Lipinski definition) is 1. The van der Waals surface area contributed by atoms with Crippen LogP contribution in [0.2, 0.25) is 0 Å². The Balaban J connectivity index is 1.59. The minimum atomic E-state index is -0.690. The van der Waals surface area contributed by atoms with E-state index in [1.54, 1.807) is 17.4 Å². The third-order valence-corrected chi connectivity index (χ3v) is 6.63. The average Bonchev–Trinajstić information content (AvgIpc) is 3.26. The van der Waals surface area contributed by atoms with E-state index < -0.39 is 6.04 Å². The number of carbonyl (C=O) groups is 2. The Morgan fingerprint density at radius 1 is 1.27 bits per heavy atom. The van der Waals surface area contributed by atoms with E-state index in [2.05, 4.69) is 14.9 Å². The largest absolute Gasteiger partial charge is 0.497 e. The van der Waals surface area contributed by atoms with Crippen LogP contribution in [0.4, 0.5) is 0 Å². The third kappa shape index (κ3) is 4.36. The maximum absolute atomic E-state index is 13.4. The Hall–Kier alpha value is -2.78. The van der Waals surface area contributed by atoms with Gasteiger partial charge in [0.05, 0.1) is 7.11 Å². The van der Waals surface area contributed by atoms with Gasteiger partial charge in [0, 0.05) is 22.8 Å². The van der Waals surface area contributed by atoms with Crippen LogP contribution in [0, 0.1) is 6.92 Å². The van der Waals surface area contributed by atoms with Gasteiger partial charge < -0.3 is 15.0 Å². The number of methoxy groups -OCH3 is 1. The number of rotatable bonds is 8. The van der Waals surface area contributed by atoms with Gasteiger partial charge in [-0.1, -0.05) is 16.6 Å². The van der Waals surface area contributed by atoms with Gasteiger partial charge in [-0.05, 0) is 66.0 Å². The standard InChI is InChI=1S/C21H22N4O3S2/c1-13-9-10-29-19(13)18(20(26)22-11-14-3-7-16(28-2)8-4-14)25(15-5-6-15)21(27)17-12-30-24-23-17/h3-4,7-10,12,15,18H,5-6,11H2,1-2H3,(H,22,26)/t18-/m1/s1. The van der Waals surface area contributed by atoms with Crippen LogP contribution < -0.4 is 10.1 Å². The van der Waals surface area contributed by atoms with Crippen LogP contribution in [-0.4, -0.2) is 39.5 Å². The summed E-state index contributed by atoms with van der Waals surface area (Å²) in [4.78, 5) is 29.2. The van der Waals surface area contributed by atoms with Gasteiger partial charge >= 0.3 is 0 Å². The highest BCUT2D eigenvalue weighted by Crippen LogP contribution is 2.38. The van der Waals surface area contributed by atoms with Gasteiger partial charge in [0.15, 0.2) is 5.69 Å². The molecule has 1 N–H and O–H groups in total. The van der Waals surface area contributed by atoms with Gasteiger partial charge in [0.25, 0.3) is 5.91 Å². The second-order valence-corrected chi connectivity index (χ2v) is 8.73. The molecule has 1 aliphatic rings. The van der Waals surface area contributed by atoms with Crippen molar-refractivity contribution in [2.24, 2.45) is 0 Å². The van der Waals surface area contributed by atoms with Crippen molar-refractivity contribution in [2.75, 3.05) is 7.11 Å². The summed E-state index contributed by atoms with van der Waals surface area (Å²) >= 11 is 2.63. The first-order valence-corrected chi connectivity index (χ1v) is 11.3. The van der Waals surface area contributed by atoms with E-state index in [1.807, 2.05) is 42.6 Å². The predicted molar refractivity (Wildman–Crippen MR) is 116 cm³/mol. The molecule has 4 rings (SSSR count). The Labute approximate surface area is 182 Å². The van der Waals surface area contributed by atoms with Crippen LogP contribution in [-0.2, 0) is 11.3 Å². The molecule has 3 aromatic rings. The first-order chi connectivity index (χ1) is 14.6. The first kappa shape index (κ1) is 20.5. The molecular weight excluding hydrogens is 420 g/mol. The van der Waals surface area contributed by atoms with E-state index in [4.69, 9.17) is 4.74 Å². The van der Waals surface area contributed by atoms with Crippen molar-refractivity contribution in [3.63, 3.8) is 0 Å². The van der Waals surface area contributed by atoms with Crippen molar-refractivity contribution < 1.29 is 14.3 Å². The maximum Gasteiger partial charge on any atom is 0.276 e. The van der Waals surface area contributed by atoms with Gasteiger partial charge in [-0.3, -0.25) is 9.59 Å². The van der Waals surface area contributed by atoms with Crippen LogP contribution in [0.15, 0.2) is 41.1 Å². The fourth-order valence-corrected chi connectivity index (χ4v) is 4.75. The van der Waals surface area contributed by atoms with E-state index >= 15 is 0 Å². The van der Waals surface area contributed by atoms with Crippen LogP contribution >= 0.6 is 22.9 Å². The lowest BCUT2D eigenvalue weighted by molar-refractivity contribution is -0.126. The van der Waals surface area contributed by atoms with Gasteiger partial charge in [0.1, 0.15) is 11.8 Å². The van der Waals surface area contributed by atoms with Gasteiger partial charge in [-0.2, -0.15) is 0 Å². The summed E-state index contributed by atoms with van der Waals surface area (Å²) in [5.74, 6) is 0.322. The SMILES string of the molecule is COc1ccc(CNC(=O)[C@@H](c2sccc2C)N(C(=O)c2csnn2)C2CC2)cc1. The molecule has 0 spiro atoms. The molecule has 0 unspecified atom stereocenters. The number of hydrogen-bond acceptors (Lipinski definition) is 7. The fourth-order valence-electron chi connectivity index (χ4n) is 3.30. The summed E-state index contributed by atoms with van der Waals surface area (Å²) in [6.45, 7) is 2.34. The number of benzene rings is 1. The molecule has 0 radical (unpaired) electrons. The zero-order valence-electron chi connectivity index (χ0n) is 16.7. The number of amides is 2. The first-order valence-electron chi connectivity index (χ1n) is 9.63. The molecule has 1 aliphatic carbocycles. The highest BCUT2D eigenvalue weighted by atomic mass is 32.1.